The van der Waals surface area contributed by atoms with E-state index >= 15 is 0 Å². The molecule has 28 heavy (non-hydrogen) atoms. The van der Waals surface area contributed by atoms with Gasteiger partial charge in [0.2, 0.25) is 5.91 Å². The molecule has 1 saturated heterocycles. The van der Waals surface area contributed by atoms with Crippen LogP contribution in [0.3, 0.4) is 0 Å². The number of hydrogen-bond acceptors (Lipinski definition) is 7. The zero-order valence-electron chi connectivity index (χ0n) is 15.9. The summed E-state index contributed by atoms with van der Waals surface area (Å²) in [6, 6.07) is 0.106. The van der Waals surface area contributed by atoms with E-state index in [2.05, 4.69) is 18.3 Å². The molecular formula is C19H23N3O4S2. The van der Waals surface area contributed by atoms with Gasteiger partial charge in [0, 0.05) is 28.8 Å². The first-order chi connectivity index (χ1) is 13.3. The first kappa shape index (κ1) is 19.6. The predicted molar refractivity (Wildman–Crippen MR) is 108 cm³/mol. The Morgan fingerprint density at radius 1 is 1.46 bits per heavy atom. The minimum absolute atomic E-state index is 0.0378. The number of aliphatic hydroxyl groups is 1. The Labute approximate surface area is 171 Å². The highest BCUT2D eigenvalue weighted by Gasteiger charge is 2.60. The lowest BCUT2D eigenvalue weighted by Gasteiger charge is -2.46. The van der Waals surface area contributed by atoms with Crippen LogP contribution < -0.4 is 5.32 Å². The molecule has 150 valence electrons. The van der Waals surface area contributed by atoms with Crippen LogP contribution in [0.2, 0.25) is 0 Å². The minimum atomic E-state index is -1.11. The number of thioether (sulfide) groups is 1. The number of carbonyl (C=O) groups is 2. The second-order valence-corrected chi connectivity index (χ2v) is 9.76. The van der Waals surface area contributed by atoms with Gasteiger partial charge < -0.3 is 20.4 Å². The molecule has 0 spiro atoms. The van der Waals surface area contributed by atoms with Gasteiger partial charge in [-0.25, -0.2) is 9.78 Å². The number of carboxylic acid groups (broad SMARTS) is 1. The van der Waals surface area contributed by atoms with E-state index in [1.807, 2.05) is 12.3 Å². The fourth-order valence-corrected chi connectivity index (χ4v) is 6.39. The van der Waals surface area contributed by atoms with Crippen molar-refractivity contribution in [2.24, 2.45) is 11.8 Å². The highest BCUT2D eigenvalue weighted by Crippen LogP contribution is 2.52. The molecule has 4 heterocycles. The largest absolute Gasteiger partial charge is 0.477 e. The van der Waals surface area contributed by atoms with Gasteiger partial charge in [-0.1, -0.05) is 24.8 Å². The summed E-state index contributed by atoms with van der Waals surface area (Å²) < 4.78 is 0.770. The Balaban J connectivity index is 1.60. The molecule has 0 aromatic carbocycles. The third-order valence-corrected chi connectivity index (χ3v) is 7.89. The third kappa shape index (κ3) is 3.10. The van der Waals surface area contributed by atoms with Crippen LogP contribution in [-0.4, -0.2) is 56.7 Å². The predicted octanol–water partition coefficient (Wildman–Crippen LogP) is 2.15. The average Bonchev–Trinajstić information content (AvgIpc) is 3.18. The lowest BCUT2D eigenvalue weighted by Crippen LogP contribution is -2.63. The van der Waals surface area contributed by atoms with E-state index < -0.39 is 18.0 Å². The molecule has 0 bridgehead atoms. The number of carboxylic acids is 1. The molecule has 3 aliphatic rings. The van der Waals surface area contributed by atoms with Gasteiger partial charge >= 0.3 is 5.97 Å². The van der Waals surface area contributed by atoms with Crippen molar-refractivity contribution >= 4 is 40.5 Å². The molecule has 0 radical (unpaired) electrons. The number of thiazole rings is 1. The zero-order chi connectivity index (χ0) is 20.2. The van der Waals surface area contributed by atoms with Crippen molar-refractivity contribution in [2.45, 2.75) is 49.7 Å². The molecular weight excluding hydrogens is 398 g/mol. The fourth-order valence-electron chi connectivity index (χ4n) is 4.28. The molecule has 0 saturated carbocycles. The average molecular weight is 422 g/mol. The number of β-lactam (4-membered cyclic amide) rings is 1. The van der Waals surface area contributed by atoms with Crippen molar-refractivity contribution in [1.29, 1.82) is 0 Å². The third-order valence-electron chi connectivity index (χ3n) is 5.66. The Kier molecular flexibility index (Phi) is 5.11. The minimum Gasteiger partial charge on any atom is -0.477 e. The summed E-state index contributed by atoms with van der Waals surface area (Å²) in [7, 11) is 0. The quantitative estimate of drug-likeness (QED) is 0.626. The molecule has 1 aromatic heterocycles. The number of rotatable bonds is 5. The summed E-state index contributed by atoms with van der Waals surface area (Å²) in [6.45, 7) is 6.46. The summed E-state index contributed by atoms with van der Waals surface area (Å²) in [6.07, 6.45) is 2.26. The molecule has 3 aliphatic heterocycles. The van der Waals surface area contributed by atoms with Gasteiger partial charge in [-0.2, -0.15) is 0 Å². The molecule has 0 aliphatic carbocycles. The molecule has 7 nitrogen and oxygen atoms in total. The summed E-state index contributed by atoms with van der Waals surface area (Å²) in [4.78, 5) is 31.0. The number of aromatic nitrogens is 1. The number of amides is 1. The van der Waals surface area contributed by atoms with E-state index in [1.54, 1.807) is 6.92 Å². The van der Waals surface area contributed by atoms with Gasteiger partial charge in [-0.3, -0.25) is 4.79 Å². The summed E-state index contributed by atoms with van der Waals surface area (Å²) in [5.74, 6) is -2.12. The Hall–Kier alpha value is -1.68. The van der Waals surface area contributed by atoms with Crippen molar-refractivity contribution in [3.05, 3.63) is 27.8 Å². The number of aliphatic carboxylic acids is 1. The topological polar surface area (TPSA) is 103 Å². The van der Waals surface area contributed by atoms with Gasteiger partial charge in [0.25, 0.3) is 0 Å². The van der Waals surface area contributed by atoms with Crippen LogP contribution in [-0.2, 0) is 9.59 Å². The number of nitrogens with one attached hydrogen (secondary N) is 1. The lowest BCUT2D eigenvalue weighted by atomic mass is 9.79. The number of fused-ring (bicyclic) bond motifs is 1. The highest BCUT2D eigenvalue weighted by atomic mass is 32.2. The SMILES string of the molecule is CC(O)[C@H]1C(=O)N2C(C(=O)O)=C(Sc3nc(C4=CCN[C@H](C)C4)cs3)[C@H](C)[C@H]12. The summed E-state index contributed by atoms with van der Waals surface area (Å²) >= 11 is 2.82. The van der Waals surface area contributed by atoms with Crippen molar-refractivity contribution < 1.29 is 19.8 Å². The maximum absolute atomic E-state index is 12.4. The second-order valence-electron chi connectivity index (χ2n) is 7.62. The molecule has 1 fully saturated rings. The van der Waals surface area contributed by atoms with Crippen LogP contribution in [0.15, 0.2) is 26.4 Å². The van der Waals surface area contributed by atoms with Crippen molar-refractivity contribution in [3.8, 4) is 0 Å². The van der Waals surface area contributed by atoms with Gasteiger partial charge in [0.1, 0.15) is 5.70 Å². The Bertz CT molecular complexity index is 891. The van der Waals surface area contributed by atoms with Crippen molar-refractivity contribution in [1.82, 2.24) is 15.2 Å². The van der Waals surface area contributed by atoms with Gasteiger partial charge in [-0.15, -0.1) is 11.3 Å². The summed E-state index contributed by atoms with van der Waals surface area (Å²) in [5, 5.41) is 25.0. The standard InChI is InChI=1S/C19H23N3O4S2/c1-8-6-11(4-5-20-8)12-7-27-19(21-12)28-16-9(2)14-13(10(3)23)17(24)22(14)15(16)18(25)26/h4,7-10,13-14,20,23H,5-6H2,1-3H3,(H,25,26)/t8-,9-,10?,13-,14-/m1/s1. The van der Waals surface area contributed by atoms with E-state index in [1.165, 1.54) is 33.6 Å². The van der Waals surface area contributed by atoms with Crippen LogP contribution >= 0.6 is 23.1 Å². The molecule has 1 unspecified atom stereocenters. The van der Waals surface area contributed by atoms with Crippen LogP contribution in [0.1, 0.15) is 32.9 Å². The molecule has 1 aromatic rings. The first-order valence-corrected chi connectivity index (χ1v) is 11.0. The molecule has 3 N–H and O–H groups in total. The van der Waals surface area contributed by atoms with Crippen LogP contribution in [0, 0.1) is 11.8 Å². The van der Waals surface area contributed by atoms with Crippen molar-refractivity contribution in [3.63, 3.8) is 0 Å². The molecule has 5 atom stereocenters. The Morgan fingerprint density at radius 2 is 2.21 bits per heavy atom. The number of nitrogens with zero attached hydrogens (tertiary/aromatic N) is 2. The van der Waals surface area contributed by atoms with E-state index in [0.717, 1.165) is 23.0 Å². The van der Waals surface area contributed by atoms with Gasteiger partial charge in [0.15, 0.2) is 4.34 Å². The van der Waals surface area contributed by atoms with E-state index in [9.17, 15) is 19.8 Å². The maximum Gasteiger partial charge on any atom is 0.353 e. The molecule has 1 amide bonds. The van der Waals surface area contributed by atoms with Crippen LogP contribution in [0.4, 0.5) is 0 Å². The zero-order valence-corrected chi connectivity index (χ0v) is 17.5. The first-order valence-electron chi connectivity index (χ1n) is 9.34. The fraction of sp³-hybridized carbons (Fsp3) is 0.526. The van der Waals surface area contributed by atoms with Crippen LogP contribution in [0.25, 0.3) is 5.57 Å². The smallest absolute Gasteiger partial charge is 0.353 e. The summed E-state index contributed by atoms with van der Waals surface area (Å²) in [5.41, 5.74) is 2.18. The molecule has 4 rings (SSSR count). The van der Waals surface area contributed by atoms with Gasteiger partial charge in [-0.05, 0) is 25.8 Å². The molecule has 9 heteroatoms. The lowest BCUT2D eigenvalue weighted by molar-refractivity contribution is -0.163. The number of aliphatic hydroxyl groups excluding tert-OH is 1. The van der Waals surface area contributed by atoms with Gasteiger partial charge in [0.05, 0.1) is 23.8 Å². The monoisotopic (exact) mass is 421 g/mol. The van der Waals surface area contributed by atoms with Crippen molar-refractivity contribution in [2.75, 3.05) is 6.54 Å². The van der Waals surface area contributed by atoms with E-state index in [4.69, 9.17) is 4.98 Å². The van der Waals surface area contributed by atoms with E-state index in [0.29, 0.717) is 10.9 Å². The second kappa shape index (κ2) is 7.29. The van der Waals surface area contributed by atoms with E-state index in [-0.39, 0.29) is 23.6 Å². The van der Waals surface area contributed by atoms with Crippen LogP contribution in [0.5, 0.6) is 0 Å². The number of carbonyl (C=O) groups excluding carboxylic acids is 1. The highest BCUT2D eigenvalue weighted by molar-refractivity contribution is 8.04. The normalized spacial score (nSPS) is 30.8. The Morgan fingerprint density at radius 3 is 2.86 bits per heavy atom. The number of hydrogen-bond donors (Lipinski definition) is 3. The maximum atomic E-state index is 12.4.